The Morgan fingerprint density at radius 3 is 2.54 bits per heavy atom. The summed E-state index contributed by atoms with van der Waals surface area (Å²) in [6.07, 6.45) is 7.20. The van der Waals surface area contributed by atoms with E-state index in [9.17, 15) is 9.59 Å². The molecule has 2 rings (SSSR count). The molecule has 136 valence electrons. The number of rotatable bonds is 8. The predicted molar refractivity (Wildman–Crippen MR) is 106 cm³/mol. The van der Waals surface area contributed by atoms with Gasteiger partial charge in [-0.05, 0) is 55.5 Å². The molecule has 0 N–H and O–H groups in total. The fourth-order valence-electron chi connectivity index (χ4n) is 2.62. The number of esters is 1. The molecule has 0 aliphatic carbocycles. The third kappa shape index (κ3) is 6.32. The Labute approximate surface area is 155 Å². The highest BCUT2D eigenvalue weighted by Crippen LogP contribution is 2.17. The van der Waals surface area contributed by atoms with Crippen LogP contribution in [0.5, 0.6) is 0 Å². The molecule has 26 heavy (non-hydrogen) atoms. The van der Waals surface area contributed by atoms with Gasteiger partial charge in [-0.25, -0.2) is 0 Å². The maximum atomic E-state index is 12.3. The minimum Gasteiger partial charge on any atom is -0.434 e. The summed E-state index contributed by atoms with van der Waals surface area (Å²) in [7, 11) is 0. The van der Waals surface area contributed by atoms with Crippen LogP contribution in [0, 0.1) is 5.92 Å². The quantitative estimate of drug-likeness (QED) is 0.197. The second-order valence-corrected chi connectivity index (χ2v) is 6.82. The van der Waals surface area contributed by atoms with E-state index in [1.165, 1.54) is 11.8 Å². The van der Waals surface area contributed by atoms with Gasteiger partial charge < -0.3 is 4.74 Å². The van der Waals surface area contributed by atoms with Crippen LogP contribution in [0.3, 0.4) is 0 Å². The number of carbonyl (C=O) groups is 2. The van der Waals surface area contributed by atoms with Gasteiger partial charge in [0.2, 0.25) is 0 Å². The third-order valence-electron chi connectivity index (χ3n) is 4.16. The summed E-state index contributed by atoms with van der Waals surface area (Å²) in [5.74, 6) is -0.448. The standard InChI is InChI=1S/C23H26O3/c1-17(2)7-6-8-18(3)13-14-26-23(25)16-22(24)21-12-11-19-9-4-5-10-20(19)15-21/h4-5,7,9-15,18H,6,8,16H2,1-3H3. The van der Waals surface area contributed by atoms with Crippen molar-refractivity contribution >= 4 is 22.5 Å². The first-order valence-corrected chi connectivity index (χ1v) is 8.97. The van der Waals surface area contributed by atoms with Crippen molar-refractivity contribution in [1.29, 1.82) is 0 Å². The van der Waals surface area contributed by atoms with Crippen LogP contribution < -0.4 is 0 Å². The van der Waals surface area contributed by atoms with Gasteiger partial charge in [0.05, 0.1) is 6.26 Å². The first-order chi connectivity index (χ1) is 12.5. The van der Waals surface area contributed by atoms with E-state index in [1.54, 1.807) is 6.07 Å². The predicted octanol–water partition coefficient (Wildman–Crippen LogP) is 5.85. The second-order valence-electron chi connectivity index (χ2n) is 6.82. The van der Waals surface area contributed by atoms with E-state index in [-0.39, 0.29) is 12.2 Å². The van der Waals surface area contributed by atoms with Gasteiger partial charge in [-0.3, -0.25) is 9.59 Å². The molecule has 3 heteroatoms. The molecule has 2 aromatic rings. The zero-order chi connectivity index (χ0) is 18.9. The zero-order valence-electron chi connectivity index (χ0n) is 15.7. The average molecular weight is 350 g/mol. The number of fused-ring (bicyclic) bond motifs is 1. The number of carbonyl (C=O) groups excluding carboxylic acids is 2. The van der Waals surface area contributed by atoms with E-state index in [0.29, 0.717) is 11.5 Å². The molecule has 0 saturated carbocycles. The van der Waals surface area contributed by atoms with Crippen LogP contribution >= 0.6 is 0 Å². The highest BCUT2D eigenvalue weighted by Gasteiger charge is 2.13. The molecular weight excluding hydrogens is 324 g/mol. The molecule has 0 bridgehead atoms. The smallest absolute Gasteiger partial charge is 0.318 e. The van der Waals surface area contributed by atoms with E-state index >= 15 is 0 Å². The number of hydrogen-bond acceptors (Lipinski definition) is 3. The van der Waals surface area contributed by atoms with Gasteiger partial charge in [0, 0.05) is 5.56 Å². The molecule has 0 spiro atoms. The molecule has 2 aromatic carbocycles. The van der Waals surface area contributed by atoms with Gasteiger partial charge in [-0.2, -0.15) is 0 Å². The van der Waals surface area contributed by atoms with Crippen LogP contribution in [-0.2, 0) is 9.53 Å². The van der Waals surface area contributed by atoms with Gasteiger partial charge in [0.25, 0.3) is 0 Å². The molecule has 0 radical (unpaired) electrons. The van der Waals surface area contributed by atoms with E-state index in [2.05, 4.69) is 26.8 Å². The summed E-state index contributed by atoms with van der Waals surface area (Å²) >= 11 is 0. The zero-order valence-corrected chi connectivity index (χ0v) is 15.7. The van der Waals surface area contributed by atoms with Crippen molar-refractivity contribution < 1.29 is 14.3 Å². The minimum atomic E-state index is -0.532. The largest absolute Gasteiger partial charge is 0.434 e. The fourth-order valence-corrected chi connectivity index (χ4v) is 2.62. The van der Waals surface area contributed by atoms with Crippen LogP contribution in [0.1, 0.15) is 50.4 Å². The lowest BCUT2D eigenvalue weighted by atomic mass is 10.0. The van der Waals surface area contributed by atoms with Crippen LogP contribution in [0.2, 0.25) is 0 Å². The molecule has 0 aliphatic heterocycles. The topological polar surface area (TPSA) is 43.4 Å². The first kappa shape index (κ1) is 19.6. The Kier molecular flexibility index (Phi) is 7.34. The Balaban J connectivity index is 1.83. The number of Topliss-reactive ketones (excluding diaryl/α,β-unsaturated/α-hetero) is 1. The molecule has 0 aromatic heterocycles. The highest BCUT2D eigenvalue weighted by atomic mass is 16.5. The monoisotopic (exact) mass is 350 g/mol. The van der Waals surface area contributed by atoms with Crippen molar-refractivity contribution in [2.75, 3.05) is 0 Å². The van der Waals surface area contributed by atoms with Gasteiger partial charge >= 0.3 is 5.97 Å². The van der Waals surface area contributed by atoms with Crippen molar-refractivity contribution in [2.45, 2.75) is 40.0 Å². The van der Waals surface area contributed by atoms with E-state index in [4.69, 9.17) is 4.74 Å². The molecule has 1 unspecified atom stereocenters. The first-order valence-electron chi connectivity index (χ1n) is 8.97. The maximum Gasteiger partial charge on any atom is 0.318 e. The van der Waals surface area contributed by atoms with E-state index in [0.717, 1.165) is 23.6 Å². The molecule has 1 atom stereocenters. The van der Waals surface area contributed by atoms with E-state index in [1.807, 2.05) is 42.5 Å². The van der Waals surface area contributed by atoms with Crippen molar-refractivity contribution in [3.8, 4) is 0 Å². The molecule has 3 nitrogen and oxygen atoms in total. The second kappa shape index (κ2) is 9.71. The van der Waals surface area contributed by atoms with Gasteiger partial charge in [0.15, 0.2) is 5.78 Å². The third-order valence-corrected chi connectivity index (χ3v) is 4.16. The Hall–Kier alpha value is -2.68. The average Bonchev–Trinajstić information content (AvgIpc) is 2.61. The lowest BCUT2D eigenvalue weighted by Crippen LogP contribution is -2.09. The molecule has 0 fully saturated rings. The van der Waals surface area contributed by atoms with Gasteiger partial charge in [0.1, 0.15) is 6.42 Å². The summed E-state index contributed by atoms with van der Waals surface area (Å²) in [6.45, 7) is 6.23. The molecular formula is C23H26O3. The van der Waals surface area contributed by atoms with Gasteiger partial charge in [-0.15, -0.1) is 0 Å². The van der Waals surface area contributed by atoms with Crippen molar-refractivity contribution in [3.05, 3.63) is 72.0 Å². The number of ether oxygens (including phenoxy) is 1. The van der Waals surface area contributed by atoms with Gasteiger partial charge in [-0.1, -0.05) is 55.0 Å². The molecule has 0 amide bonds. The van der Waals surface area contributed by atoms with Crippen LogP contribution in [0.15, 0.2) is 66.5 Å². The molecule has 0 saturated heterocycles. The van der Waals surface area contributed by atoms with Crippen molar-refractivity contribution in [2.24, 2.45) is 5.92 Å². The summed E-state index contributed by atoms with van der Waals surface area (Å²) in [5.41, 5.74) is 1.83. The van der Waals surface area contributed by atoms with Crippen molar-refractivity contribution in [3.63, 3.8) is 0 Å². The lowest BCUT2D eigenvalue weighted by Gasteiger charge is -2.05. The summed E-state index contributed by atoms with van der Waals surface area (Å²) < 4.78 is 5.06. The van der Waals surface area contributed by atoms with Crippen LogP contribution in [0.25, 0.3) is 10.8 Å². The maximum absolute atomic E-state index is 12.3. The van der Waals surface area contributed by atoms with Crippen LogP contribution in [0.4, 0.5) is 0 Å². The number of ketones is 1. The number of allylic oxidation sites excluding steroid dienone is 3. The summed E-state index contributed by atoms with van der Waals surface area (Å²) in [6, 6.07) is 13.3. The number of benzene rings is 2. The number of hydrogen-bond donors (Lipinski definition) is 0. The molecule has 0 heterocycles. The molecule has 0 aliphatic rings. The Bertz CT molecular complexity index is 826. The summed E-state index contributed by atoms with van der Waals surface area (Å²) in [5, 5.41) is 2.05. The summed E-state index contributed by atoms with van der Waals surface area (Å²) in [4.78, 5) is 24.1. The van der Waals surface area contributed by atoms with Crippen molar-refractivity contribution in [1.82, 2.24) is 0 Å². The lowest BCUT2D eigenvalue weighted by molar-refractivity contribution is -0.136. The highest BCUT2D eigenvalue weighted by molar-refractivity contribution is 6.07. The van der Waals surface area contributed by atoms with Crippen LogP contribution in [-0.4, -0.2) is 11.8 Å². The minimum absolute atomic E-state index is 0.231. The fraction of sp³-hybridized carbons (Fsp3) is 0.304. The van der Waals surface area contributed by atoms with E-state index < -0.39 is 5.97 Å². The normalized spacial score (nSPS) is 12.1. The SMILES string of the molecule is CC(C)=CCCC(C)C=COC(=O)CC(=O)c1ccc2ccccc2c1. The Morgan fingerprint density at radius 1 is 1.08 bits per heavy atom. The Morgan fingerprint density at radius 2 is 1.81 bits per heavy atom.